The lowest BCUT2D eigenvalue weighted by atomic mass is 9.91. The van der Waals surface area contributed by atoms with Crippen LogP contribution in [0.3, 0.4) is 0 Å². The second kappa shape index (κ2) is 20.7. The first-order valence-electron chi connectivity index (χ1n) is 19.6. The summed E-state index contributed by atoms with van der Waals surface area (Å²) in [6.07, 6.45) is 3.58. The molecular formula is C42H52N6O12. The molecule has 18 heteroatoms. The summed E-state index contributed by atoms with van der Waals surface area (Å²) < 4.78 is 24.4. The number of methoxy groups -OCH3 is 2. The van der Waals surface area contributed by atoms with E-state index in [0.29, 0.717) is 80.4 Å². The third kappa shape index (κ3) is 10.2. The maximum atomic E-state index is 13.3. The standard InChI is InChI=1S/C41H50N6O10.CH2O2/c1-44(2)22-31-33(54-4)20-26(21-34(31)55-5)29-23-45(3)38(50)30-24-46(15-13-27(29)30)41(53)42-14-17-57-19-18-56-16-7-9-25-8-6-10-28-36(25)40(52)47(39(28)51)32-11-12-35(48)43-37(32)49;2-1-3/h6,8,10,20-21,23,32H,7,9,11-19,22,24H2,1-5H3,(H,42,53)(H,43,48,49);1H,(H,2,3). The maximum Gasteiger partial charge on any atom is 0.317 e. The van der Waals surface area contributed by atoms with Crippen LogP contribution in [0.4, 0.5) is 4.79 Å². The smallest absolute Gasteiger partial charge is 0.317 e. The quantitative estimate of drug-likeness (QED) is 0.107. The van der Waals surface area contributed by atoms with E-state index in [1.54, 1.807) is 48.9 Å². The van der Waals surface area contributed by atoms with Crippen molar-refractivity contribution in [3.8, 4) is 22.6 Å². The number of carboxylic acid groups (broad SMARTS) is 1. The van der Waals surface area contributed by atoms with Gasteiger partial charge in [-0.1, -0.05) is 12.1 Å². The minimum atomic E-state index is -1.01. The molecule has 3 aliphatic rings. The summed E-state index contributed by atoms with van der Waals surface area (Å²) in [6, 6.07) is 7.73. The van der Waals surface area contributed by atoms with Crippen molar-refractivity contribution in [1.29, 1.82) is 0 Å². The van der Waals surface area contributed by atoms with Gasteiger partial charge in [0.05, 0.1) is 57.3 Å². The number of aromatic nitrogens is 1. The number of hydrogen-bond acceptors (Lipinski definition) is 12. The lowest BCUT2D eigenvalue weighted by molar-refractivity contribution is -0.136. The Morgan fingerprint density at radius 2 is 1.63 bits per heavy atom. The van der Waals surface area contributed by atoms with Gasteiger partial charge in [0.25, 0.3) is 23.8 Å². The van der Waals surface area contributed by atoms with Gasteiger partial charge in [0, 0.05) is 57.0 Å². The molecule has 60 heavy (non-hydrogen) atoms. The van der Waals surface area contributed by atoms with Crippen LogP contribution in [-0.4, -0.2) is 134 Å². The summed E-state index contributed by atoms with van der Waals surface area (Å²) in [7, 11) is 8.92. The van der Waals surface area contributed by atoms with Crippen molar-refractivity contribution in [2.24, 2.45) is 7.05 Å². The summed E-state index contributed by atoms with van der Waals surface area (Å²) in [5, 5.41) is 12.0. The van der Waals surface area contributed by atoms with E-state index >= 15 is 0 Å². The lowest BCUT2D eigenvalue weighted by Gasteiger charge is -2.30. The third-order valence-corrected chi connectivity index (χ3v) is 10.4. The largest absolute Gasteiger partial charge is 0.496 e. The Morgan fingerprint density at radius 1 is 0.950 bits per heavy atom. The van der Waals surface area contributed by atoms with Crippen LogP contribution in [0.5, 0.6) is 11.5 Å². The lowest BCUT2D eigenvalue weighted by Crippen LogP contribution is -2.54. The topological polar surface area (TPSA) is 215 Å². The van der Waals surface area contributed by atoms with E-state index in [9.17, 15) is 28.8 Å². The number of nitrogens with zero attached hydrogens (tertiary/aromatic N) is 4. The number of carbonyl (C=O) groups is 6. The summed E-state index contributed by atoms with van der Waals surface area (Å²) in [5.74, 6) is -0.726. The van der Waals surface area contributed by atoms with Crippen molar-refractivity contribution < 1.29 is 52.8 Å². The van der Waals surface area contributed by atoms with Gasteiger partial charge in [-0.3, -0.25) is 39.0 Å². The zero-order valence-electron chi connectivity index (χ0n) is 34.5. The predicted molar refractivity (Wildman–Crippen MR) is 217 cm³/mol. The first kappa shape index (κ1) is 45.0. The second-order valence-electron chi connectivity index (χ2n) is 14.6. The fourth-order valence-electron chi connectivity index (χ4n) is 7.66. The zero-order valence-corrected chi connectivity index (χ0v) is 34.5. The molecule has 1 atom stereocenters. The minimum Gasteiger partial charge on any atom is -0.496 e. The molecule has 1 unspecified atom stereocenters. The number of rotatable bonds is 16. The van der Waals surface area contributed by atoms with Crippen LogP contribution in [0.25, 0.3) is 11.1 Å². The Kier molecular flexibility index (Phi) is 15.5. The summed E-state index contributed by atoms with van der Waals surface area (Å²) in [5.41, 5.74) is 5.27. The van der Waals surface area contributed by atoms with Crippen LogP contribution in [-0.2, 0) is 56.8 Å². The Morgan fingerprint density at radius 3 is 2.28 bits per heavy atom. The number of amides is 6. The number of benzene rings is 2. The maximum absolute atomic E-state index is 13.3. The molecule has 6 amide bonds. The first-order valence-corrected chi connectivity index (χ1v) is 19.6. The average Bonchev–Trinajstić information content (AvgIpc) is 3.48. The van der Waals surface area contributed by atoms with Crippen LogP contribution in [0, 0.1) is 0 Å². The number of urea groups is 1. The van der Waals surface area contributed by atoms with E-state index in [0.717, 1.165) is 27.2 Å². The predicted octanol–water partition coefficient (Wildman–Crippen LogP) is 1.97. The van der Waals surface area contributed by atoms with Gasteiger partial charge in [-0.25, -0.2) is 4.79 Å². The number of carbonyl (C=O) groups excluding carboxylic acids is 5. The van der Waals surface area contributed by atoms with E-state index < -0.39 is 29.7 Å². The van der Waals surface area contributed by atoms with E-state index in [1.165, 1.54) is 0 Å². The van der Waals surface area contributed by atoms with Crippen LogP contribution in [0.2, 0.25) is 0 Å². The number of nitrogens with one attached hydrogen (secondary N) is 2. The molecule has 0 bridgehead atoms. The van der Waals surface area contributed by atoms with E-state index in [-0.39, 0.29) is 56.2 Å². The fourth-order valence-corrected chi connectivity index (χ4v) is 7.66. The van der Waals surface area contributed by atoms with Gasteiger partial charge in [-0.15, -0.1) is 0 Å². The number of imide groups is 2. The minimum absolute atomic E-state index is 0.0627. The van der Waals surface area contributed by atoms with Crippen LogP contribution >= 0.6 is 0 Å². The van der Waals surface area contributed by atoms with Crippen LogP contribution in [0.15, 0.2) is 41.3 Å². The van der Waals surface area contributed by atoms with E-state index in [2.05, 4.69) is 10.6 Å². The monoisotopic (exact) mass is 832 g/mol. The highest BCUT2D eigenvalue weighted by Crippen LogP contribution is 2.38. The Bertz CT molecular complexity index is 2140. The highest BCUT2D eigenvalue weighted by molar-refractivity contribution is 6.24. The van der Waals surface area contributed by atoms with Crippen molar-refractivity contribution in [2.45, 2.75) is 51.2 Å². The molecule has 0 aliphatic carbocycles. The number of piperidine rings is 1. The van der Waals surface area contributed by atoms with Crippen LogP contribution in [0.1, 0.15) is 62.2 Å². The van der Waals surface area contributed by atoms with Crippen molar-refractivity contribution >= 4 is 36.1 Å². The molecule has 322 valence electrons. The fraction of sp³-hybridized carbons (Fsp3) is 0.452. The molecule has 4 heterocycles. The Balaban J connectivity index is 0.00000221. The van der Waals surface area contributed by atoms with E-state index in [4.69, 9.17) is 28.8 Å². The molecule has 2 aromatic carbocycles. The molecule has 3 aliphatic heterocycles. The highest BCUT2D eigenvalue weighted by atomic mass is 16.5. The molecule has 3 N–H and O–H groups in total. The van der Waals surface area contributed by atoms with Gasteiger partial charge < -0.3 is 43.7 Å². The Hall–Kier alpha value is -6.11. The summed E-state index contributed by atoms with van der Waals surface area (Å²) in [4.78, 5) is 89.8. The second-order valence-corrected chi connectivity index (χ2v) is 14.6. The highest BCUT2D eigenvalue weighted by Gasteiger charge is 2.45. The molecule has 1 fully saturated rings. The summed E-state index contributed by atoms with van der Waals surface area (Å²) in [6.45, 7) is 2.58. The normalized spacial score (nSPS) is 15.9. The van der Waals surface area contributed by atoms with Gasteiger partial charge in [0.2, 0.25) is 11.8 Å². The zero-order chi connectivity index (χ0) is 43.5. The molecular weight excluding hydrogens is 780 g/mol. The molecule has 0 radical (unpaired) electrons. The van der Waals surface area contributed by atoms with Gasteiger partial charge in [0.15, 0.2) is 0 Å². The van der Waals surface area contributed by atoms with Crippen molar-refractivity contribution in [3.05, 3.63) is 80.3 Å². The van der Waals surface area contributed by atoms with Gasteiger partial charge in [-0.2, -0.15) is 0 Å². The molecule has 6 rings (SSSR count). The molecule has 1 aromatic heterocycles. The molecule has 3 aromatic rings. The number of fused-ring (bicyclic) bond motifs is 2. The third-order valence-electron chi connectivity index (χ3n) is 10.4. The van der Waals surface area contributed by atoms with E-state index in [1.807, 2.05) is 37.3 Å². The van der Waals surface area contributed by atoms with Gasteiger partial charge in [0.1, 0.15) is 17.5 Å². The number of ether oxygens (including phenoxy) is 4. The number of aryl methyl sites for hydroxylation is 2. The van der Waals surface area contributed by atoms with Gasteiger partial charge >= 0.3 is 6.03 Å². The van der Waals surface area contributed by atoms with Crippen molar-refractivity contribution in [1.82, 2.24) is 29.9 Å². The van der Waals surface area contributed by atoms with Gasteiger partial charge in [-0.05, 0) is 74.7 Å². The molecule has 18 nitrogen and oxygen atoms in total. The Labute approximate surface area is 347 Å². The first-order chi connectivity index (χ1) is 28.8. The van der Waals surface area contributed by atoms with Crippen molar-refractivity contribution in [2.75, 3.05) is 67.8 Å². The number of pyridine rings is 1. The molecule has 0 saturated carbocycles. The SMILES string of the molecule is COc1cc(-c2cn(C)c(=O)c3c2CCN(C(=O)NCCOCCOCCCc2cccc4c2C(=O)N(C2CCC(=O)NC2=O)C4=O)C3)cc(OC)c1CN(C)C.O=CO. The van der Waals surface area contributed by atoms with Crippen LogP contribution < -0.4 is 25.7 Å². The molecule has 1 saturated heterocycles. The molecule has 0 spiro atoms. The number of hydrogen-bond donors (Lipinski definition) is 3. The average molecular weight is 833 g/mol. The van der Waals surface area contributed by atoms with Crippen molar-refractivity contribution in [3.63, 3.8) is 0 Å². The summed E-state index contributed by atoms with van der Waals surface area (Å²) >= 11 is 0.